The van der Waals surface area contributed by atoms with Gasteiger partial charge in [-0.1, -0.05) is 30.0 Å². The molecule has 2 aromatic carbocycles. The smallest absolute Gasteiger partial charge is 0.234 e. The zero-order chi connectivity index (χ0) is 21.3. The van der Waals surface area contributed by atoms with Gasteiger partial charge < -0.3 is 19.4 Å². The van der Waals surface area contributed by atoms with E-state index in [4.69, 9.17) is 9.47 Å². The van der Waals surface area contributed by atoms with Crippen molar-refractivity contribution in [1.29, 1.82) is 0 Å². The lowest BCUT2D eigenvalue weighted by atomic mass is 10.1. The first-order chi connectivity index (χ1) is 14.6. The average Bonchev–Trinajstić information content (AvgIpc) is 3.15. The maximum atomic E-state index is 12.3. The molecule has 0 atom stereocenters. The van der Waals surface area contributed by atoms with Gasteiger partial charge in [0.15, 0.2) is 5.16 Å². The second kappa shape index (κ2) is 10.5. The number of carbonyl (C=O) groups is 1. The molecule has 0 saturated carbocycles. The van der Waals surface area contributed by atoms with Gasteiger partial charge in [0.1, 0.15) is 17.3 Å². The number of nitrogens with one attached hydrogen (secondary N) is 1. The number of allylic oxidation sites excluding steroid dienone is 1. The third-order valence-corrected chi connectivity index (χ3v) is 5.30. The van der Waals surface area contributed by atoms with Crippen molar-refractivity contribution in [1.82, 2.24) is 14.8 Å². The topological polar surface area (TPSA) is 78.3 Å². The highest BCUT2D eigenvalue weighted by atomic mass is 32.2. The fourth-order valence-electron chi connectivity index (χ4n) is 2.80. The van der Waals surface area contributed by atoms with Crippen molar-refractivity contribution in [2.75, 3.05) is 25.3 Å². The summed E-state index contributed by atoms with van der Waals surface area (Å²) >= 11 is 1.34. The summed E-state index contributed by atoms with van der Waals surface area (Å²) in [6, 6.07) is 15.0. The SMILES string of the molecule is C=CCn1c(Cc2ccc(OC)cc2)nnc1SCC(=O)Nc1ccc(OC)cc1. The highest BCUT2D eigenvalue weighted by Crippen LogP contribution is 2.21. The molecule has 0 fully saturated rings. The second-order valence-corrected chi connectivity index (χ2v) is 7.33. The van der Waals surface area contributed by atoms with Gasteiger partial charge in [-0.05, 0) is 42.0 Å². The minimum absolute atomic E-state index is 0.116. The molecule has 0 aliphatic rings. The zero-order valence-electron chi connectivity index (χ0n) is 17.0. The van der Waals surface area contributed by atoms with Crippen LogP contribution in [0.1, 0.15) is 11.4 Å². The Morgan fingerprint density at radius 3 is 2.30 bits per heavy atom. The van der Waals surface area contributed by atoms with Crippen molar-refractivity contribution in [2.24, 2.45) is 0 Å². The lowest BCUT2D eigenvalue weighted by Gasteiger charge is -2.09. The Kier molecular flexibility index (Phi) is 7.51. The Bertz CT molecular complexity index is 985. The summed E-state index contributed by atoms with van der Waals surface area (Å²) < 4.78 is 12.3. The van der Waals surface area contributed by atoms with E-state index in [9.17, 15) is 4.79 Å². The normalized spacial score (nSPS) is 10.5. The summed E-state index contributed by atoms with van der Waals surface area (Å²) in [5, 5.41) is 12.1. The number of anilines is 1. The molecule has 0 unspecified atom stereocenters. The van der Waals surface area contributed by atoms with E-state index in [2.05, 4.69) is 22.1 Å². The first kappa shape index (κ1) is 21.4. The number of carbonyl (C=O) groups excluding carboxylic acids is 1. The number of ether oxygens (including phenoxy) is 2. The van der Waals surface area contributed by atoms with Gasteiger partial charge in [-0.25, -0.2) is 0 Å². The minimum Gasteiger partial charge on any atom is -0.497 e. The van der Waals surface area contributed by atoms with Crippen LogP contribution in [0.3, 0.4) is 0 Å². The Morgan fingerprint density at radius 2 is 1.70 bits per heavy atom. The predicted octanol–water partition coefficient (Wildman–Crippen LogP) is 3.80. The van der Waals surface area contributed by atoms with Gasteiger partial charge in [0.2, 0.25) is 5.91 Å². The van der Waals surface area contributed by atoms with E-state index >= 15 is 0 Å². The minimum atomic E-state index is -0.116. The van der Waals surface area contributed by atoms with Crippen LogP contribution >= 0.6 is 11.8 Å². The van der Waals surface area contributed by atoms with E-state index in [1.165, 1.54) is 11.8 Å². The van der Waals surface area contributed by atoms with Crippen LogP contribution in [0.2, 0.25) is 0 Å². The predicted molar refractivity (Wildman–Crippen MR) is 118 cm³/mol. The largest absolute Gasteiger partial charge is 0.497 e. The van der Waals surface area contributed by atoms with Crippen LogP contribution in [0.4, 0.5) is 5.69 Å². The first-order valence-electron chi connectivity index (χ1n) is 9.35. The van der Waals surface area contributed by atoms with Crippen LogP contribution in [0.25, 0.3) is 0 Å². The molecule has 1 amide bonds. The average molecular weight is 425 g/mol. The third kappa shape index (κ3) is 5.64. The molecule has 0 spiro atoms. The number of methoxy groups -OCH3 is 2. The van der Waals surface area contributed by atoms with Crippen molar-refractivity contribution >= 4 is 23.4 Å². The molecule has 156 valence electrons. The summed E-state index contributed by atoms with van der Waals surface area (Å²) in [5.41, 5.74) is 1.82. The molecule has 1 aromatic heterocycles. The fourth-order valence-corrected chi connectivity index (χ4v) is 3.56. The van der Waals surface area contributed by atoms with Gasteiger partial charge in [0.25, 0.3) is 0 Å². The van der Waals surface area contributed by atoms with Crippen molar-refractivity contribution in [3.8, 4) is 11.5 Å². The zero-order valence-corrected chi connectivity index (χ0v) is 17.8. The molecule has 3 rings (SSSR count). The number of benzene rings is 2. The number of hydrogen-bond acceptors (Lipinski definition) is 6. The molecule has 0 bridgehead atoms. The van der Waals surface area contributed by atoms with E-state index in [1.807, 2.05) is 28.8 Å². The van der Waals surface area contributed by atoms with Crippen molar-refractivity contribution in [3.63, 3.8) is 0 Å². The Labute approximate surface area is 180 Å². The van der Waals surface area contributed by atoms with Crippen LogP contribution in [-0.4, -0.2) is 40.6 Å². The van der Waals surface area contributed by atoms with E-state index in [0.717, 1.165) is 22.9 Å². The quantitative estimate of drug-likeness (QED) is 0.394. The van der Waals surface area contributed by atoms with Crippen LogP contribution < -0.4 is 14.8 Å². The second-order valence-electron chi connectivity index (χ2n) is 6.39. The molecule has 0 aliphatic carbocycles. The molecule has 30 heavy (non-hydrogen) atoms. The first-order valence-corrected chi connectivity index (χ1v) is 10.3. The molecular formula is C22H24N4O3S. The van der Waals surface area contributed by atoms with Crippen LogP contribution in [0, 0.1) is 0 Å². The molecule has 1 N–H and O–H groups in total. The summed E-state index contributed by atoms with van der Waals surface area (Å²) in [5.74, 6) is 2.48. The van der Waals surface area contributed by atoms with Crippen molar-refractivity contribution < 1.29 is 14.3 Å². The van der Waals surface area contributed by atoms with E-state index in [1.54, 1.807) is 44.6 Å². The third-order valence-electron chi connectivity index (χ3n) is 4.33. The molecule has 3 aromatic rings. The highest BCUT2D eigenvalue weighted by molar-refractivity contribution is 7.99. The lowest BCUT2D eigenvalue weighted by molar-refractivity contribution is -0.113. The standard InChI is InChI=1S/C22H24N4O3S/c1-4-13-26-20(14-16-5-9-18(28-2)10-6-16)24-25-22(26)30-15-21(27)23-17-7-11-19(29-3)12-8-17/h4-12H,1,13-15H2,2-3H3,(H,23,27). The van der Waals surface area contributed by atoms with Gasteiger partial charge >= 0.3 is 0 Å². The van der Waals surface area contributed by atoms with Crippen molar-refractivity contribution in [2.45, 2.75) is 18.1 Å². The maximum Gasteiger partial charge on any atom is 0.234 e. The number of amides is 1. The monoisotopic (exact) mass is 424 g/mol. The molecule has 0 radical (unpaired) electrons. The van der Waals surface area contributed by atoms with E-state index in [-0.39, 0.29) is 11.7 Å². The Morgan fingerprint density at radius 1 is 1.07 bits per heavy atom. The number of aromatic nitrogens is 3. The van der Waals surface area contributed by atoms with Crippen LogP contribution in [-0.2, 0) is 17.8 Å². The maximum absolute atomic E-state index is 12.3. The number of hydrogen-bond donors (Lipinski definition) is 1. The number of rotatable bonds is 10. The molecule has 7 nitrogen and oxygen atoms in total. The van der Waals surface area contributed by atoms with Gasteiger partial charge in [-0.15, -0.1) is 16.8 Å². The van der Waals surface area contributed by atoms with E-state index in [0.29, 0.717) is 23.8 Å². The Balaban J connectivity index is 1.63. The number of nitrogens with zero attached hydrogens (tertiary/aromatic N) is 3. The Hall–Kier alpha value is -3.26. The highest BCUT2D eigenvalue weighted by Gasteiger charge is 2.14. The molecule has 1 heterocycles. The van der Waals surface area contributed by atoms with Gasteiger partial charge in [-0.3, -0.25) is 4.79 Å². The van der Waals surface area contributed by atoms with Crippen molar-refractivity contribution in [3.05, 3.63) is 72.6 Å². The summed E-state index contributed by atoms with van der Waals surface area (Å²) in [7, 11) is 3.25. The lowest BCUT2D eigenvalue weighted by Crippen LogP contribution is -2.14. The molecule has 0 saturated heterocycles. The van der Waals surface area contributed by atoms with Gasteiger partial charge in [0, 0.05) is 18.7 Å². The van der Waals surface area contributed by atoms with Crippen LogP contribution in [0.5, 0.6) is 11.5 Å². The van der Waals surface area contributed by atoms with E-state index < -0.39 is 0 Å². The summed E-state index contributed by atoms with van der Waals surface area (Å²) in [6.07, 6.45) is 2.42. The summed E-state index contributed by atoms with van der Waals surface area (Å²) in [4.78, 5) is 12.3. The molecule has 0 aliphatic heterocycles. The molecular weight excluding hydrogens is 400 g/mol. The number of thioether (sulfide) groups is 1. The van der Waals surface area contributed by atoms with Crippen LogP contribution in [0.15, 0.2) is 66.3 Å². The fraction of sp³-hybridized carbons (Fsp3) is 0.227. The molecule has 8 heteroatoms. The summed E-state index contributed by atoms with van der Waals surface area (Å²) in [6.45, 7) is 4.39. The van der Waals surface area contributed by atoms with Gasteiger partial charge in [0.05, 0.1) is 20.0 Å². The van der Waals surface area contributed by atoms with Gasteiger partial charge in [-0.2, -0.15) is 0 Å².